The van der Waals surface area contributed by atoms with Crippen molar-refractivity contribution in [1.82, 2.24) is 0 Å². The van der Waals surface area contributed by atoms with Crippen molar-refractivity contribution in [3.05, 3.63) is 0 Å². The number of unbranched alkanes of at least 4 members (excludes halogenated alkanes) is 1. The van der Waals surface area contributed by atoms with E-state index in [4.69, 9.17) is 24.1 Å². The molecule has 1 rings (SSSR count). The summed E-state index contributed by atoms with van der Waals surface area (Å²) in [6, 6.07) is 0. The number of ether oxygens (including phenoxy) is 4. The SMILES string of the molecule is CCCCOC1C(C(=O)OCC(C)C(=O)O)OC(OCCC)C(O)C1O. The molecule has 26 heavy (non-hydrogen) atoms. The maximum atomic E-state index is 12.4. The highest BCUT2D eigenvalue weighted by atomic mass is 16.7. The molecule has 1 fully saturated rings. The lowest BCUT2D eigenvalue weighted by molar-refractivity contribution is -0.301. The minimum atomic E-state index is -1.41. The van der Waals surface area contributed by atoms with E-state index in [1.54, 1.807) is 0 Å². The molecule has 1 aliphatic rings. The lowest BCUT2D eigenvalue weighted by Gasteiger charge is -2.41. The molecule has 0 aromatic heterocycles. The molecule has 1 saturated heterocycles. The zero-order chi connectivity index (χ0) is 19.7. The third-order valence-electron chi connectivity index (χ3n) is 3.97. The molecule has 0 aromatic carbocycles. The Morgan fingerprint density at radius 3 is 2.35 bits per heavy atom. The highest BCUT2D eigenvalue weighted by Gasteiger charge is 2.49. The molecule has 0 radical (unpaired) electrons. The van der Waals surface area contributed by atoms with Gasteiger partial charge in [0.25, 0.3) is 0 Å². The summed E-state index contributed by atoms with van der Waals surface area (Å²) in [4.78, 5) is 23.2. The predicted octanol–water partition coefficient (Wildman–Crippen LogP) is 0.309. The Balaban J connectivity index is 2.82. The van der Waals surface area contributed by atoms with Gasteiger partial charge < -0.3 is 34.3 Å². The molecule has 152 valence electrons. The van der Waals surface area contributed by atoms with Gasteiger partial charge in [-0.3, -0.25) is 4.79 Å². The van der Waals surface area contributed by atoms with Gasteiger partial charge in [0, 0.05) is 13.2 Å². The summed E-state index contributed by atoms with van der Waals surface area (Å²) in [5, 5.41) is 29.4. The molecule has 0 aromatic rings. The molecule has 0 saturated carbocycles. The number of aliphatic carboxylic acids is 1. The van der Waals surface area contributed by atoms with Gasteiger partial charge in [0.2, 0.25) is 0 Å². The second-order valence-corrected chi connectivity index (χ2v) is 6.34. The molecule has 6 atom stereocenters. The summed E-state index contributed by atoms with van der Waals surface area (Å²) >= 11 is 0. The Morgan fingerprint density at radius 1 is 1.08 bits per heavy atom. The van der Waals surface area contributed by atoms with E-state index < -0.39 is 48.6 Å². The summed E-state index contributed by atoms with van der Waals surface area (Å²) in [5.41, 5.74) is 0. The van der Waals surface area contributed by atoms with Gasteiger partial charge in [-0.2, -0.15) is 0 Å². The van der Waals surface area contributed by atoms with Crippen LogP contribution in [0.5, 0.6) is 0 Å². The monoisotopic (exact) mass is 378 g/mol. The van der Waals surface area contributed by atoms with Crippen LogP contribution in [0.3, 0.4) is 0 Å². The summed E-state index contributed by atoms with van der Waals surface area (Å²) < 4.78 is 21.4. The smallest absolute Gasteiger partial charge is 0.338 e. The second-order valence-electron chi connectivity index (χ2n) is 6.34. The summed E-state index contributed by atoms with van der Waals surface area (Å²) in [7, 11) is 0. The van der Waals surface area contributed by atoms with Crippen LogP contribution in [0, 0.1) is 5.92 Å². The van der Waals surface area contributed by atoms with Crippen molar-refractivity contribution < 1.29 is 43.9 Å². The van der Waals surface area contributed by atoms with Gasteiger partial charge in [0.1, 0.15) is 24.9 Å². The molecular formula is C17H30O9. The third-order valence-corrected chi connectivity index (χ3v) is 3.97. The van der Waals surface area contributed by atoms with Crippen LogP contribution in [0.2, 0.25) is 0 Å². The summed E-state index contributed by atoms with van der Waals surface area (Å²) in [6.07, 6.45) is -4.24. The normalized spacial score (nSPS) is 30.0. The molecule has 6 unspecified atom stereocenters. The first-order chi connectivity index (χ1) is 12.3. The van der Waals surface area contributed by atoms with Crippen molar-refractivity contribution in [2.45, 2.75) is 70.7 Å². The molecule has 0 spiro atoms. The van der Waals surface area contributed by atoms with Gasteiger partial charge in [-0.25, -0.2) is 4.79 Å². The van der Waals surface area contributed by atoms with Crippen molar-refractivity contribution in [3.8, 4) is 0 Å². The van der Waals surface area contributed by atoms with E-state index >= 15 is 0 Å². The van der Waals surface area contributed by atoms with Gasteiger partial charge in [-0.1, -0.05) is 20.3 Å². The first kappa shape index (κ1) is 22.8. The van der Waals surface area contributed by atoms with E-state index in [1.165, 1.54) is 6.92 Å². The molecule has 1 heterocycles. The Kier molecular flexibility index (Phi) is 10.0. The van der Waals surface area contributed by atoms with Crippen LogP contribution in [-0.4, -0.2) is 77.8 Å². The lowest BCUT2D eigenvalue weighted by Crippen LogP contribution is -2.61. The van der Waals surface area contributed by atoms with Crippen LogP contribution in [0.4, 0.5) is 0 Å². The average molecular weight is 378 g/mol. The quantitative estimate of drug-likeness (QED) is 0.343. The molecule has 0 amide bonds. The maximum Gasteiger partial charge on any atom is 0.338 e. The van der Waals surface area contributed by atoms with Gasteiger partial charge in [-0.15, -0.1) is 0 Å². The van der Waals surface area contributed by atoms with Crippen LogP contribution in [0.15, 0.2) is 0 Å². The standard InChI is InChI=1S/C17H30O9/c1-4-6-8-23-13-11(18)12(19)17(24-7-5-2)26-14(13)16(22)25-9-10(3)15(20)21/h10-14,17-19H,4-9H2,1-3H3,(H,20,21). The van der Waals surface area contributed by atoms with E-state index in [1.807, 2.05) is 13.8 Å². The van der Waals surface area contributed by atoms with Crippen molar-refractivity contribution >= 4 is 11.9 Å². The van der Waals surface area contributed by atoms with Crippen LogP contribution in [-0.2, 0) is 28.5 Å². The Hall–Kier alpha value is -1.26. The Labute approximate surface area is 153 Å². The van der Waals surface area contributed by atoms with Crippen LogP contribution < -0.4 is 0 Å². The number of aliphatic hydroxyl groups excluding tert-OH is 2. The third kappa shape index (κ3) is 6.48. The molecule has 3 N–H and O–H groups in total. The molecule has 9 nitrogen and oxygen atoms in total. The number of carboxylic acids is 1. The summed E-state index contributed by atoms with van der Waals surface area (Å²) in [5.74, 6) is -2.85. The van der Waals surface area contributed by atoms with E-state index in [0.29, 0.717) is 12.8 Å². The maximum absolute atomic E-state index is 12.4. The number of carboxylic acid groups (broad SMARTS) is 1. The topological polar surface area (TPSA) is 132 Å². The van der Waals surface area contributed by atoms with Gasteiger partial charge in [-0.05, 0) is 19.8 Å². The van der Waals surface area contributed by atoms with E-state index in [2.05, 4.69) is 0 Å². The van der Waals surface area contributed by atoms with Crippen LogP contribution >= 0.6 is 0 Å². The minimum Gasteiger partial charge on any atom is -0.481 e. The van der Waals surface area contributed by atoms with Crippen LogP contribution in [0.1, 0.15) is 40.0 Å². The number of hydrogen-bond acceptors (Lipinski definition) is 8. The fourth-order valence-electron chi connectivity index (χ4n) is 2.31. The number of esters is 1. The highest BCUT2D eigenvalue weighted by molar-refractivity contribution is 5.76. The first-order valence-electron chi connectivity index (χ1n) is 8.97. The fourth-order valence-corrected chi connectivity index (χ4v) is 2.31. The number of hydrogen-bond donors (Lipinski definition) is 3. The lowest BCUT2D eigenvalue weighted by atomic mass is 9.98. The number of aliphatic hydroxyl groups is 2. The van der Waals surface area contributed by atoms with E-state index in [9.17, 15) is 19.8 Å². The average Bonchev–Trinajstić information content (AvgIpc) is 2.62. The largest absolute Gasteiger partial charge is 0.481 e. The van der Waals surface area contributed by atoms with Gasteiger partial charge >= 0.3 is 11.9 Å². The van der Waals surface area contributed by atoms with E-state index in [0.717, 1.165) is 6.42 Å². The predicted molar refractivity (Wildman–Crippen MR) is 89.3 cm³/mol. The number of rotatable bonds is 11. The highest BCUT2D eigenvalue weighted by Crippen LogP contribution is 2.26. The molecule has 9 heteroatoms. The molecule has 1 aliphatic heterocycles. The van der Waals surface area contributed by atoms with Gasteiger partial charge in [0.15, 0.2) is 12.4 Å². The second kappa shape index (κ2) is 11.5. The van der Waals surface area contributed by atoms with Crippen molar-refractivity contribution in [3.63, 3.8) is 0 Å². The molecule has 0 bridgehead atoms. The van der Waals surface area contributed by atoms with Crippen molar-refractivity contribution in [1.29, 1.82) is 0 Å². The fraction of sp³-hybridized carbons (Fsp3) is 0.882. The molecule has 0 aliphatic carbocycles. The van der Waals surface area contributed by atoms with Gasteiger partial charge in [0.05, 0.1) is 5.92 Å². The van der Waals surface area contributed by atoms with E-state index in [-0.39, 0.29) is 19.8 Å². The Bertz CT molecular complexity index is 442. The minimum absolute atomic E-state index is 0.268. The zero-order valence-electron chi connectivity index (χ0n) is 15.5. The zero-order valence-corrected chi connectivity index (χ0v) is 15.5. The van der Waals surface area contributed by atoms with Crippen LogP contribution in [0.25, 0.3) is 0 Å². The van der Waals surface area contributed by atoms with Crippen molar-refractivity contribution in [2.75, 3.05) is 19.8 Å². The molecular weight excluding hydrogens is 348 g/mol. The van der Waals surface area contributed by atoms with Crippen molar-refractivity contribution in [2.24, 2.45) is 5.92 Å². The Morgan fingerprint density at radius 2 is 1.77 bits per heavy atom. The summed E-state index contributed by atoms with van der Waals surface area (Å²) in [6.45, 7) is 5.42. The number of carbonyl (C=O) groups is 2. The first-order valence-corrected chi connectivity index (χ1v) is 8.97. The number of carbonyl (C=O) groups excluding carboxylic acids is 1.